The molecule has 1 aliphatic carbocycles. The number of halogens is 1. The van der Waals surface area contributed by atoms with Crippen LogP contribution in [-0.4, -0.2) is 128 Å². The fraction of sp³-hybridized carbons (Fsp3) is 0.391. The predicted molar refractivity (Wildman–Crippen MR) is 229 cm³/mol. The predicted octanol–water partition coefficient (Wildman–Crippen LogP) is 4.34. The zero-order valence-electron chi connectivity index (χ0n) is 34.3. The summed E-state index contributed by atoms with van der Waals surface area (Å²) < 4.78 is 27.2. The van der Waals surface area contributed by atoms with Crippen molar-refractivity contribution in [2.45, 2.75) is 50.4 Å². The molecule has 62 heavy (non-hydrogen) atoms. The number of ether oxygens (including phenoxy) is 2. The van der Waals surface area contributed by atoms with Crippen LogP contribution in [-0.2, 0) is 14.3 Å². The monoisotopic (exact) mass is 844 g/mol. The zero-order chi connectivity index (χ0) is 42.7. The number of aromatic nitrogens is 1. The van der Waals surface area contributed by atoms with Crippen LogP contribution in [0.1, 0.15) is 63.2 Å². The molecule has 1 atom stereocenters. The average molecular weight is 845 g/mol. The molecule has 0 radical (unpaired) electrons. The van der Waals surface area contributed by atoms with E-state index >= 15 is 4.39 Å². The molecule has 3 saturated heterocycles. The lowest BCUT2D eigenvalue weighted by Gasteiger charge is -2.37. The van der Waals surface area contributed by atoms with E-state index in [-0.39, 0.29) is 41.7 Å². The highest BCUT2D eigenvalue weighted by Gasteiger charge is 2.45. The Kier molecular flexibility index (Phi) is 11.8. The summed E-state index contributed by atoms with van der Waals surface area (Å²) in [4.78, 5) is 77.9. The van der Waals surface area contributed by atoms with Gasteiger partial charge in [-0.3, -0.25) is 39.1 Å². The molecular formula is C46H49FN8O7. The number of amides is 5. The molecule has 0 bridgehead atoms. The number of hydrogen-bond acceptors (Lipinski definition) is 12. The van der Waals surface area contributed by atoms with Crippen molar-refractivity contribution in [1.82, 2.24) is 20.1 Å². The second kappa shape index (κ2) is 17.9. The van der Waals surface area contributed by atoms with Crippen LogP contribution < -0.4 is 30.1 Å². The molecule has 4 aliphatic heterocycles. The molecule has 9 rings (SSSR count). The number of carbonyl (C=O) groups is 5. The Balaban J connectivity index is 0.656. The Bertz CT molecular complexity index is 2330. The molecule has 2 N–H and O–H groups in total. The lowest BCUT2D eigenvalue weighted by Crippen LogP contribution is -2.54. The molecule has 5 amide bonds. The summed E-state index contributed by atoms with van der Waals surface area (Å²) in [5.41, 5.74) is 3.00. The molecule has 5 heterocycles. The average Bonchev–Trinajstić information content (AvgIpc) is 3.52. The molecule has 1 saturated carbocycles. The summed E-state index contributed by atoms with van der Waals surface area (Å²) in [5, 5.41) is 5.04. The van der Waals surface area contributed by atoms with Crippen molar-refractivity contribution < 1.29 is 37.8 Å². The molecule has 3 aromatic carbocycles. The van der Waals surface area contributed by atoms with E-state index in [0.717, 1.165) is 87.4 Å². The Morgan fingerprint density at radius 1 is 0.774 bits per heavy atom. The van der Waals surface area contributed by atoms with Crippen LogP contribution in [0.25, 0.3) is 0 Å². The molecule has 1 aromatic heterocycles. The second-order valence-electron chi connectivity index (χ2n) is 16.4. The van der Waals surface area contributed by atoms with Crippen LogP contribution in [0.2, 0.25) is 0 Å². The van der Waals surface area contributed by atoms with Crippen LogP contribution in [0.4, 0.5) is 27.3 Å². The summed E-state index contributed by atoms with van der Waals surface area (Å²) in [7, 11) is 0. The third kappa shape index (κ3) is 8.83. The first-order chi connectivity index (χ1) is 30.2. The van der Waals surface area contributed by atoms with Gasteiger partial charge in [0.15, 0.2) is 0 Å². The van der Waals surface area contributed by atoms with E-state index < -0.39 is 41.4 Å². The fourth-order valence-electron chi connectivity index (χ4n) is 8.81. The van der Waals surface area contributed by atoms with Gasteiger partial charge < -0.3 is 29.5 Å². The number of fused-ring (bicyclic) bond motifs is 1. The number of benzene rings is 3. The maximum atomic E-state index is 15.1. The van der Waals surface area contributed by atoms with Gasteiger partial charge in [0.05, 0.1) is 22.8 Å². The lowest BCUT2D eigenvalue weighted by molar-refractivity contribution is -0.136. The number of hydrogen-bond donors (Lipinski definition) is 2. The topological polar surface area (TPSA) is 157 Å². The van der Waals surface area contributed by atoms with E-state index in [1.54, 1.807) is 18.2 Å². The van der Waals surface area contributed by atoms with Crippen molar-refractivity contribution in [3.8, 4) is 5.75 Å². The van der Waals surface area contributed by atoms with Gasteiger partial charge >= 0.3 is 0 Å². The number of pyridine rings is 1. The first-order valence-corrected chi connectivity index (χ1v) is 21.4. The summed E-state index contributed by atoms with van der Waals surface area (Å²) >= 11 is 0. The van der Waals surface area contributed by atoms with Crippen LogP contribution in [0, 0.1) is 5.82 Å². The van der Waals surface area contributed by atoms with Gasteiger partial charge in [0.2, 0.25) is 11.8 Å². The van der Waals surface area contributed by atoms with Gasteiger partial charge in [-0.2, -0.15) is 0 Å². The molecular weight excluding hydrogens is 796 g/mol. The summed E-state index contributed by atoms with van der Waals surface area (Å²) in [6, 6.07) is 22.1. The van der Waals surface area contributed by atoms with Crippen molar-refractivity contribution in [2.75, 3.05) is 85.5 Å². The van der Waals surface area contributed by atoms with Gasteiger partial charge in [-0.15, -0.1) is 0 Å². The minimum Gasteiger partial charge on any atom is -0.490 e. The SMILES string of the molecule is O=C1CCC(N2C(=O)c3ccc(N4CCN(CCCO[C@H]5C[C@H](Oc6ccc(C(=O)Nc7ccc(N8CCN(c9ccccn9)CC8)cc7)c(F)c6)C5)CC4)cc3C2=O)C(=O)N1. The van der Waals surface area contributed by atoms with Crippen LogP contribution in [0.15, 0.2) is 85.1 Å². The lowest BCUT2D eigenvalue weighted by atomic mass is 9.92. The van der Waals surface area contributed by atoms with Gasteiger partial charge in [-0.25, -0.2) is 9.37 Å². The van der Waals surface area contributed by atoms with Crippen molar-refractivity contribution in [3.05, 3.63) is 108 Å². The zero-order valence-corrected chi connectivity index (χ0v) is 34.3. The summed E-state index contributed by atoms with van der Waals surface area (Å²) in [6.45, 7) is 8.13. The molecule has 4 fully saturated rings. The van der Waals surface area contributed by atoms with Crippen molar-refractivity contribution >= 4 is 52.4 Å². The molecule has 16 heteroatoms. The number of nitrogens with one attached hydrogen (secondary N) is 2. The standard InChI is InChI=1S/C46H49FN8O7/c47-39-29-33(10-12-37(39)43(57)49-30-5-7-31(8-6-30)52-21-23-54(24-22-52)41-4-1-2-15-48-41)62-35-27-34(28-35)61-25-3-16-51-17-19-53(20-18-51)32-9-11-36-38(26-32)46(60)55(45(36)59)40-13-14-42(56)50-44(40)58/h1-2,4-12,15,26,29,34-35,40H,3,13-14,16-25,27-28H2,(H,49,57)(H,50,56,58)/t34-,35-,40?. The second-order valence-corrected chi connectivity index (χ2v) is 16.4. The van der Waals surface area contributed by atoms with Gasteiger partial charge in [0, 0.05) is 114 Å². The van der Waals surface area contributed by atoms with E-state index in [4.69, 9.17) is 9.47 Å². The molecule has 5 aliphatic rings. The van der Waals surface area contributed by atoms with Crippen molar-refractivity contribution in [3.63, 3.8) is 0 Å². The third-order valence-electron chi connectivity index (χ3n) is 12.4. The Morgan fingerprint density at radius 2 is 1.48 bits per heavy atom. The first-order valence-electron chi connectivity index (χ1n) is 21.4. The largest absolute Gasteiger partial charge is 0.490 e. The van der Waals surface area contributed by atoms with E-state index in [0.29, 0.717) is 30.9 Å². The summed E-state index contributed by atoms with van der Waals surface area (Å²) in [5.74, 6) is -1.85. The number of imide groups is 2. The number of rotatable bonds is 13. The molecule has 322 valence electrons. The third-order valence-corrected chi connectivity index (χ3v) is 12.4. The molecule has 0 spiro atoms. The Labute approximate surface area is 358 Å². The Hall–Kier alpha value is -6.39. The maximum Gasteiger partial charge on any atom is 0.262 e. The van der Waals surface area contributed by atoms with Crippen LogP contribution >= 0.6 is 0 Å². The highest BCUT2D eigenvalue weighted by Crippen LogP contribution is 2.32. The minimum absolute atomic E-state index is 0.0548. The number of anilines is 4. The van der Waals surface area contributed by atoms with Crippen LogP contribution in [0.5, 0.6) is 5.75 Å². The quantitative estimate of drug-likeness (QED) is 0.145. The summed E-state index contributed by atoms with van der Waals surface area (Å²) in [6.07, 6.45) is 4.29. The number of carbonyl (C=O) groups excluding carboxylic acids is 5. The first kappa shape index (κ1) is 41.0. The van der Waals surface area contributed by atoms with Gasteiger partial charge in [-0.1, -0.05) is 6.07 Å². The Morgan fingerprint density at radius 3 is 2.21 bits per heavy atom. The van der Waals surface area contributed by atoms with Crippen molar-refractivity contribution in [2.24, 2.45) is 0 Å². The van der Waals surface area contributed by atoms with E-state index in [2.05, 4.69) is 35.2 Å². The number of piperidine rings is 1. The molecule has 4 aromatic rings. The van der Waals surface area contributed by atoms with Gasteiger partial charge in [0.1, 0.15) is 29.5 Å². The number of nitrogens with zero attached hydrogens (tertiary/aromatic N) is 6. The molecule has 1 unspecified atom stereocenters. The molecule has 15 nitrogen and oxygen atoms in total. The van der Waals surface area contributed by atoms with E-state index in [1.807, 2.05) is 54.7 Å². The van der Waals surface area contributed by atoms with Crippen LogP contribution in [0.3, 0.4) is 0 Å². The van der Waals surface area contributed by atoms with Crippen molar-refractivity contribution in [1.29, 1.82) is 0 Å². The normalized spacial score (nSPS) is 21.7. The highest BCUT2D eigenvalue weighted by molar-refractivity contribution is 6.23. The minimum atomic E-state index is -0.985. The van der Waals surface area contributed by atoms with E-state index in [9.17, 15) is 24.0 Å². The smallest absolute Gasteiger partial charge is 0.262 e. The fourth-order valence-corrected chi connectivity index (χ4v) is 8.81. The van der Waals surface area contributed by atoms with E-state index in [1.165, 1.54) is 12.1 Å². The highest BCUT2D eigenvalue weighted by atomic mass is 19.1. The number of piperazine rings is 2. The van der Waals surface area contributed by atoms with Gasteiger partial charge in [-0.05, 0) is 79.6 Å². The van der Waals surface area contributed by atoms with Gasteiger partial charge in [0.25, 0.3) is 17.7 Å². The maximum absolute atomic E-state index is 15.1.